The Kier molecular flexibility index (Phi) is 4.10. The molecular weight excluding hydrogens is 236 g/mol. The fourth-order valence-corrected chi connectivity index (χ4v) is 2.29. The van der Waals surface area contributed by atoms with E-state index in [-0.39, 0.29) is 4.90 Å². The van der Waals surface area contributed by atoms with Crippen LogP contribution in [-0.4, -0.2) is 15.0 Å². The summed E-state index contributed by atoms with van der Waals surface area (Å²) in [4.78, 5) is 0.125. The third-order valence-corrected chi connectivity index (χ3v) is 3.23. The van der Waals surface area contributed by atoms with Crippen molar-refractivity contribution >= 4 is 21.6 Å². The molecule has 0 radical (unpaired) electrons. The van der Waals surface area contributed by atoms with E-state index in [2.05, 4.69) is 0 Å². The van der Waals surface area contributed by atoms with Crippen molar-refractivity contribution < 1.29 is 8.42 Å². The first-order chi connectivity index (χ1) is 6.95. The van der Waals surface area contributed by atoms with Gasteiger partial charge in [0.15, 0.2) is 0 Å². The van der Waals surface area contributed by atoms with Gasteiger partial charge in [-0.15, -0.1) is 0 Å². The van der Waals surface area contributed by atoms with Crippen LogP contribution in [0.2, 0.25) is 5.02 Å². The maximum atomic E-state index is 11.2. The quantitative estimate of drug-likeness (QED) is 0.829. The Bertz CT molecular complexity index is 445. The number of aryl methyl sites for hydroxylation is 1. The zero-order valence-electron chi connectivity index (χ0n) is 8.11. The standard InChI is InChI=1S/C9H13ClN2O2S/c10-8-3-4-9(15(12,13)14)7(6-8)2-1-5-11/h3-4,6H,1-2,5,11H2,(H2,12,13,14). The van der Waals surface area contributed by atoms with Crippen molar-refractivity contribution in [3.63, 3.8) is 0 Å². The van der Waals surface area contributed by atoms with Crippen molar-refractivity contribution in [3.8, 4) is 0 Å². The second-order valence-corrected chi connectivity index (χ2v) is 5.16. The van der Waals surface area contributed by atoms with E-state index in [4.69, 9.17) is 22.5 Å². The zero-order chi connectivity index (χ0) is 11.5. The van der Waals surface area contributed by atoms with Crippen LogP contribution in [0.1, 0.15) is 12.0 Å². The summed E-state index contributed by atoms with van der Waals surface area (Å²) in [6.45, 7) is 0.497. The molecule has 0 heterocycles. The van der Waals surface area contributed by atoms with Crippen molar-refractivity contribution in [1.82, 2.24) is 0 Å². The predicted octanol–water partition coefficient (Wildman–Crippen LogP) is 0.879. The van der Waals surface area contributed by atoms with Gasteiger partial charge in [-0.3, -0.25) is 0 Å². The smallest absolute Gasteiger partial charge is 0.238 e. The van der Waals surface area contributed by atoms with Crippen LogP contribution in [-0.2, 0) is 16.4 Å². The van der Waals surface area contributed by atoms with E-state index in [1.807, 2.05) is 0 Å². The van der Waals surface area contributed by atoms with Gasteiger partial charge in [-0.1, -0.05) is 11.6 Å². The molecule has 0 saturated heterocycles. The molecule has 0 atom stereocenters. The molecule has 0 amide bonds. The highest BCUT2D eigenvalue weighted by atomic mass is 35.5. The molecule has 0 unspecified atom stereocenters. The fraction of sp³-hybridized carbons (Fsp3) is 0.333. The molecule has 15 heavy (non-hydrogen) atoms. The highest BCUT2D eigenvalue weighted by Crippen LogP contribution is 2.20. The van der Waals surface area contributed by atoms with E-state index < -0.39 is 10.0 Å². The second kappa shape index (κ2) is 4.94. The molecule has 4 N–H and O–H groups in total. The fourth-order valence-electron chi connectivity index (χ4n) is 1.31. The highest BCUT2D eigenvalue weighted by Gasteiger charge is 2.13. The Labute approximate surface area is 94.3 Å². The SMILES string of the molecule is NCCCc1cc(Cl)ccc1S(N)(=O)=O. The summed E-state index contributed by atoms with van der Waals surface area (Å²) in [6, 6.07) is 4.54. The number of halogens is 1. The maximum Gasteiger partial charge on any atom is 0.238 e. The molecular formula is C9H13ClN2O2S. The minimum Gasteiger partial charge on any atom is -0.330 e. The molecule has 0 aliphatic rings. The molecule has 6 heteroatoms. The molecule has 0 bridgehead atoms. The van der Waals surface area contributed by atoms with E-state index in [0.717, 1.165) is 0 Å². The van der Waals surface area contributed by atoms with Gasteiger partial charge in [-0.05, 0) is 43.1 Å². The lowest BCUT2D eigenvalue weighted by molar-refractivity contribution is 0.596. The van der Waals surface area contributed by atoms with Crippen LogP contribution < -0.4 is 10.9 Å². The Balaban J connectivity index is 3.15. The number of hydrogen-bond acceptors (Lipinski definition) is 3. The van der Waals surface area contributed by atoms with Gasteiger partial charge in [0.2, 0.25) is 10.0 Å². The van der Waals surface area contributed by atoms with Crippen LogP contribution >= 0.6 is 11.6 Å². The maximum absolute atomic E-state index is 11.2. The summed E-state index contributed by atoms with van der Waals surface area (Å²) < 4.78 is 22.5. The third-order valence-electron chi connectivity index (χ3n) is 1.98. The number of primary sulfonamides is 1. The molecule has 0 fully saturated rings. The van der Waals surface area contributed by atoms with Crippen molar-refractivity contribution in [2.45, 2.75) is 17.7 Å². The van der Waals surface area contributed by atoms with E-state index >= 15 is 0 Å². The van der Waals surface area contributed by atoms with E-state index in [9.17, 15) is 8.42 Å². The Morgan fingerprint density at radius 1 is 1.33 bits per heavy atom. The lowest BCUT2D eigenvalue weighted by atomic mass is 10.1. The lowest BCUT2D eigenvalue weighted by Crippen LogP contribution is -2.15. The third kappa shape index (κ3) is 3.46. The molecule has 0 aliphatic heterocycles. The summed E-state index contributed by atoms with van der Waals surface area (Å²) in [7, 11) is -3.68. The average Bonchev–Trinajstić information content (AvgIpc) is 2.12. The van der Waals surface area contributed by atoms with Crippen molar-refractivity contribution in [1.29, 1.82) is 0 Å². The normalized spacial score (nSPS) is 11.7. The predicted molar refractivity (Wildman–Crippen MR) is 60.2 cm³/mol. The summed E-state index contributed by atoms with van der Waals surface area (Å²) in [6.07, 6.45) is 1.26. The first-order valence-electron chi connectivity index (χ1n) is 4.46. The molecule has 0 spiro atoms. The monoisotopic (exact) mass is 248 g/mol. The van der Waals surface area contributed by atoms with Crippen LogP contribution in [0, 0.1) is 0 Å². The summed E-state index contributed by atoms with van der Waals surface area (Å²) in [5.41, 5.74) is 5.98. The van der Waals surface area contributed by atoms with Gasteiger partial charge in [0.25, 0.3) is 0 Å². The second-order valence-electron chi connectivity index (χ2n) is 3.19. The minimum absolute atomic E-state index is 0.125. The van der Waals surface area contributed by atoms with Crippen LogP contribution in [0.3, 0.4) is 0 Å². The van der Waals surface area contributed by atoms with Gasteiger partial charge >= 0.3 is 0 Å². The van der Waals surface area contributed by atoms with Crippen LogP contribution in [0.4, 0.5) is 0 Å². The van der Waals surface area contributed by atoms with Gasteiger partial charge in [0.05, 0.1) is 4.90 Å². The number of benzene rings is 1. The average molecular weight is 249 g/mol. The lowest BCUT2D eigenvalue weighted by Gasteiger charge is -2.07. The first kappa shape index (κ1) is 12.4. The summed E-state index contributed by atoms with van der Waals surface area (Å²) in [5.74, 6) is 0. The number of rotatable bonds is 4. The van der Waals surface area contributed by atoms with Gasteiger partial charge in [-0.2, -0.15) is 0 Å². The molecule has 4 nitrogen and oxygen atoms in total. The van der Waals surface area contributed by atoms with Gasteiger partial charge in [-0.25, -0.2) is 13.6 Å². The topological polar surface area (TPSA) is 86.2 Å². The Morgan fingerprint density at radius 3 is 2.53 bits per heavy atom. The molecule has 1 rings (SSSR count). The van der Waals surface area contributed by atoms with Gasteiger partial charge in [0.1, 0.15) is 0 Å². The van der Waals surface area contributed by atoms with E-state index in [0.29, 0.717) is 30.0 Å². The largest absolute Gasteiger partial charge is 0.330 e. The molecule has 0 saturated carbocycles. The summed E-state index contributed by atoms with van der Waals surface area (Å²) in [5, 5.41) is 5.57. The molecule has 84 valence electrons. The highest BCUT2D eigenvalue weighted by molar-refractivity contribution is 7.89. The van der Waals surface area contributed by atoms with Crippen molar-refractivity contribution in [3.05, 3.63) is 28.8 Å². The zero-order valence-corrected chi connectivity index (χ0v) is 9.68. The first-order valence-corrected chi connectivity index (χ1v) is 6.39. The molecule has 0 aromatic heterocycles. The number of nitrogens with two attached hydrogens (primary N) is 2. The van der Waals surface area contributed by atoms with Crippen LogP contribution in [0.5, 0.6) is 0 Å². The number of hydrogen-bond donors (Lipinski definition) is 2. The van der Waals surface area contributed by atoms with Gasteiger partial charge in [0, 0.05) is 5.02 Å². The minimum atomic E-state index is -3.68. The molecule has 1 aromatic carbocycles. The van der Waals surface area contributed by atoms with Crippen LogP contribution in [0.25, 0.3) is 0 Å². The van der Waals surface area contributed by atoms with Crippen LogP contribution in [0.15, 0.2) is 23.1 Å². The molecule has 1 aromatic rings. The Hall–Kier alpha value is -0.620. The van der Waals surface area contributed by atoms with Gasteiger partial charge < -0.3 is 5.73 Å². The van der Waals surface area contributed by atoms with E-state index in [1.165, 1.54) is 12.1 Å². The molecule has 0 aliphatic carbocycles. The Morgan fingerprint density at radius 2 is 2.00 bits per heavy atom. The van der Waals surface area contributed by atoms with E-state index in [1.54, 1.807) is 6.07 Å². The number of sulfonamides is 1. The summed E-state index contributed by atoms with van der Waals surface area (Å²) >= 11 is 5.78. The van der Waals surface area contributed by atoms with Crippen molar-refractivity contribution in [2.75, 3.05) is 6.54 Å². The van der Waals surface area contributed by atoms with Crippen molar-refractivity contribution in [2.24, 2.45) is 10.9 Å².